The van der Waals surface area contributed by atoms with Crippen molar-refractivity contribution in [3.63, 3.8) is 0 Å². The molecule has 0 amide bonds. The van der Waals surface area contributed by atoms with Gasteiger partial charge in [-0.15, -0.1) is 0 Å². The second-order valence-corrected chi connectivity index (χ2v) is 4.02. The molecule has 0 fully saturated rings. The molecular weight excluding hydrogens is 204 g/mol. The van der Waals surface area contributed by atoms with Gasteiger partial charge in [-0.2, -0.15) is 0 Å². The van der Waals surface area contributed by atoms with Crippen LogP contribution >= 0.6 is 0 Å². The van der Waals surface area contributed by atoms with Crippen LogP contribution in [0.3, 0.4) is 0 Å². The fourth-order valence-corrected chi connectivity index (χ4v) is 1.32. The lowest BCUT2D eigenvalue weighted by atomic mass is 10.2. The van der Waals surface area contributed by atoms with E-state index >= 15 is 0 Å². The first-order chi connectivity index (χ1) is 7.81. The van der Waals surface area contributed by atoms with Crippen molar-refractivity contribution in [3.8, 4) is 0 Å². The highest BCUT2D eigenvalue weighted by atomic mass is 16.5. The van der Waals surface area contributed by atoms with Gasteiger partial charge in [0.25, 0.3) is 0 Å². The minimum atomic E-state index is -0.732. The molecule has 0 rings (SSSR count). The smallest absolute Gasteiger partial charge is 0.100 e. The molecule has 1 unspecified atom stereocenters. The van der Waals surface area contributed by atoms with Gasteiger partial charge in [0.2, 0.25) is 0 Å². The molecule has 3 heteroatoms. The van der Waals surface area contributed by atoms with Crippen LogP contribution in [0.5, 0.6) is 0 Å². The van der Waals surface area contributed by atoms with E-state index in [0.29, 0.717) is 6.61 Å². The summed E-state index contributed by atoms with van der Waals surface area (Å²) in [5.74, 6) is 0. The number of unbranched alkanes of at least 4 members (excludes halogenated alkanes) is 4. The third-order valence-corrected chi connectivity index (χ3v) is 2.32. The van der Waals surface area contributed by atoms with Crippen LogP contribution in [-0.4, -0.2) is 36.1 Å². The molecular formula is C13H26O3. The zero-order valence-electron chi connectivity index (χ0n) is 10.4. The molecule has 0 aliphatic carbocycles. The second kappa shape index (κ2) is 12.7. The number of hydrogen-bond donors (Lipinski definition) is 2. The molecule has 3 nitrogen and oxygen atoms in total. The van der Waals surface area contributed by atoms with E-state index in [1.807, 2.05) is 0 Å². The van der Waals surface area contributed by atoms with E-state index in [9.17, 15) is 0 Å². The maximum absolute atomic E-state index is 8.99. The fraction of sp³-hybridized carbons (Fsp3) is 0.846. The van der Waals surface area contributed by atoms with Crippen LogP contribution < -0.4 is 0 Å². The maximum Gasteiger partial charge on any atom is 0.100 e. The maximum atomic E-state index is 8.99. The summed E-state index contributed by atoms with van der Waals surface area (Å²) in [6.45, 7) is 2.87. The van der Waals surface area contributed by atoms with Gasteiger partial charge in [0.05, 0.1) is 13.2 Å². The van der Waals surface area contributed by atoms with Gasteiger partial charge >= 0.3 is 0 Å². The molecule has 0 aliphatic rings. The molecule has 0 aromatic heterocycles. The molecule has 1 atom stereocenters. The molecule has 0 aromatic rings. The molecule has 0 saturated heterocycles. The molecule has 0 radical (unpaired) electrons. The Morgan fingerprint density at radius 2 is 1.81 bits per heavy atom. The predicted molar refractivity (Wildman–Crippen MR) is 66.4 cm³/mol. The molecule has 0 aromatic carbocycles. The molecule has 0 spiro atoms. The Labute approximate surface area is 99.1 Å². The first-order valence-corrected chi connectivity index (χ1v) is 6.33. The van der Waals surface area contributed by atoms with Crippen molar-refractivity contribution in [1.29, 1.82) is 0 Å². The van der Waals surface area contributed by atoms with E-state index in [4.69, 9.17) is 14.9 Å². The van der Waals surface area contributed by atoms with Crippen molar-refractivity contribution in [1.82, 2.24) is 0 Å². The average Bonchev–Trinajstić information content (AvgIpc) is 2.31. The fourth-order valence-electron chi connectivity index (χ4n) is 1.32. The molecule has 2 N–H and O–H groups in total. The van der Waals surface area contributed by atoms with Gasteiger partial charge in [0.15, 0.2) is 0 Å². The lowest BCUT2D eigenvalue weighted by molar-refractivity contribution is 0.00586. The number of allylic oxidation sites excluding steroid dienone is 2. The van der Waals surface area contributed by atoms with Gasteiger partial charge in [-0.1, -0.05) is 31.9 Å². The number of aliphatic hydroxyl groups excluding tert-OH is 2. The van der Waals surface area contributed by atoms with Crippen molar-refractivity contribution in [2.75, 3.05) is 19.8 Å². The summed E-state index contributed by atoms with van der Waals surface area (Å²) < 4.78 is 5.19. The Balaban J connectivity index is 3.08. The average molecular weight is 230 g/mol. The Morgan fingerprint density at radius 3 is 2.44 bits per heavy atom. The predicted octanol–water partition coefficient (Wildman–Crippen LogP) is 2.27. The molecule has 0 saturated carbocycles. The topological polar surface area (TPSA) is 49.7 Å². The van der Waals surface area contributed by atoms with Crippen molar-refractivity contribution in [3.05, 3.63) is 12.2 Å². The van der Waals surface area contributed by atoms with Crippen LogP contribution in [0.1, 0.15) is 45.4 Å². The Bertz CT molecular complexity index is 157. The second-order valence-electron chi connectivity index (χ2n) is 4.02. The first kappa shape index (κ1) is 15.6. The minimum Gasteiger partial charge on any atom is -0.394 e. The Morgan fingerprint density at radius 1 is 1.12 bits per heavy atom. The van der Waals surface area contributed by atoms with E-state index < -0.39 is 6.10 Å². The van der Waals surface area contributed by atoms with Crippen molar-refractivity contribution in [2.45, 2.75) is 51.6 Å². The van der Waals surface area contributed by atoms with Crippen LogP contribution in [-0.2, 0) is 4.74 Å². The van der Waals surface area contributed by atoms with E-state index in [-0.39, 0.29) is 13.2 Å². The lowest BCUT2D eigenvalue weighted by Crippen LogP contribution is -2.19. The molecule has 0 heterocycles. The third kappa shape index (κ3) is 11.7. The summed E-state index contributed by atoms with van der Waals surface area (Å²) in [5.41, 5.74) is 0. The van der Waals surface area contributed by atoms with Crippen molar-refractivity contribution < 1.29 is 14.9 Å². The van der Waals surface area contributed by atoms with E-state index in [1.54, 1.807) is 0 Å². The molecule has 16 heavy (non-hydrogen) atoms. The summed E-state index contributed by atoms with van der Waals surface area (Å²) in [5, 5.41) is 17.5. The number of aliphatic hydroxyl groups is 2. The van der Waals surface area contributed by atoms with Gasteiger partial charge in [-0.3, -0.25) is 0 Å². The largest absolute Gasteiger partial charge is 0.394 e. The number of hydrogen-bond acceptors (Lipinski definition) is 3. The van der Waals surface area contributed by atoms with Crippen LogP contribution in [0.4, 0.5) is 0 Å². The van der Waals surface area contributed by atoms with Crippen LogP contribution in [0.15, 0.2) is 12.2 Å². The van der Waals surface area contributed by atoms with Gasteiger partial charge in [-0.05, 0) is 25.7 Å². The van der Waals surface area contributed by atoms with Gasteiger partial charge in [-0.25, -0.2) is 0 Å². The zero-order valence-corrected chi connectivity index (χ0v) is 10.4. The van der Waals surface area contributed by atoms with Crippen LogP contribution in [0, 0.1) is 0 Å². The highest BCUT2D eigenvalue weighted by Gasteiger charge is 1.99. The normalized spacial score (nSPS) is 13.4. The van der Waals surface area contributed by atoms with Gasteiger partial charge in [0, 0.05) is 6.61 Å². The Kier molecular flexibility index (Phi) is 12.4. The highest BCUT2D eigenvalue weighted by Crippen LogP contribution is 2.01. The summed E-state index contributed by atoms with van der Waals surface area (Å²) >= 11 is 0. The minimum absolute atomic E-state index is 0.225. The summed E-state index contributed by atoms with van der Waals surface area (Å²) in [6.07, 6.45) is 10.7. The molecule has 0 aliphatic heterocycles. The quantitative estimate of drug-likeness (QED) is 0.423. The van der Waals surface area contributed by atoms with Gasteiger partial charge < -0.3 is 14.9 Å². The van der Waals surface area contributed by atoms with Crippen molar-refractivity contribution in [2.24, 2.45) is 0 Å². The molecule has 0 bridgehead atoms. The SMILES string of the molecule is CCCCC/C=C/CCCOCC(O)CO. The standard InChI is InChI=1S/C13H26O3/c1-2-3-4-5-6-7-8-9-10-16-12-13(15)11-14/h6-7,13-15H,2-5,8-12H2,1H3/b7-6+. The van der Waals surface area contributed by atoms with Crippen LogP contribution in [0.25, 0.3) is 0 Å². The highest BCUT2D eigenvalue weighted by molar-refractivity contribution is 4.81. The van der Waals surface area contributed by atoms with Crippen molar-refractivity contribution >= 4 is 0 Å². The summed E-state index contributed by atoms with van der Waals surface area (Å²) in [7, 11) is 0. The van der Waals surface area contributed by atoms with Crippen LogP contribution in [0.2, 0.25) is 0 Å². The third-order valence-electron chi connectivity index (χ3n) is 2.32. The monoisotopic (exact) mass is 230 g/mol. The van der Waals surface area contributed by atoms with Gasteiger partial charge in [0.1, 0.15) is 6.10 Å². The van der Waals surface area contributed by atoms with E-state index in [2.05, 4.69) is 19.1 Å². The number of ether oxygens (including phenoxy) is 1. The lowest BCUT2D eigenvalue weighted by Gasteiger charge is -2.06. The summed E-state index contributed by atoms with van der Waals surface area (Å²) in [4.78, 5) is 0. The Hall–Kier alpha value is -0.380. The van der Waals surface area contributed by atoms with E-state index in [1.165, 1.54) is 25.7 Å². The van der Waals surface area contributed by atoms with E-state index in [0.717, 1.165) is 12.8 Å². The number of rotatable bonds is 11. The summed E-state index contributed by atoms with van der Waals surface area (Å²) in [6, 6.07) is 0. The zero-order chi connectivity index (χ0) is 12.1. The molecule has 96 valence electrons. The first-order valence-electron chi connectivity index (χ1n) is 6.33.